The molecule has 4 atom stereocenters. The molecular formula is C32H28O2. The summed E-state index contributed by atoms with van der Waals surface area (Å²) in [6, 6.07) is 35.8. The van der Waals surface area contributed by atoms with Crippen molar-refractivity contribution in [1.29, 1.82) is 0 Å². The first kappa shape index (κ1) is 22.0. The first-order valence-electron chi connectivity index (χ1n) is 11.9. The minimum absolute atomic E-state index is 0.0477. The van der Waals surface area contributed by atoms with E-state index in [0.29, 0.717) is 11.1 Å². The number of aryl methyl sites for hydroxylation is 2. The molecule has 0 heterocycles. The summed E-state index contributed by atoms with van der Waals surface area (Å²) in [5.74, 6) is -0.847. The van der Waals surface area contributed by atoms with Gasteiger partial charge in [0.05, 0.1) is 0 Å². The zero-order valence-electron chi connectivity index (χ0n) is 19.5. The number of carbonyl (C=O) groups excluding carboxylic acids is 2. The summed E-state index contributed by atoms with van der Waals surface area (Å²) in [6.45, 7) is 4.03. The van der Waals surface area contributed by atoms with Gasteiger partial charge in [-0.05, 0) is 25.0 Å². The zero-order chi connectivity index (χ0) is 23.7. The monoisotopic (exact) mass is 444 g/mol. The fraction of sp³-hybridized carbons (Fsp3) is 0.188. The maximum atomic E-state index is 13.9. The van der Waals surface area contributed by atoms with E-state index in [0.717, 1.165) is 22.3 Å². The van der Waals surface area contributed by atoms with Crippen LogP contribution in [0.4, 0.5) is 0 Å². The fourth-order valence-electron chi connectivity index (χ4n) is 5.40. The second-order valence-electron chi connectivity index (χ2n) is 9.39. The Bertz CT molecular complexity index is 1180. The van der Waals surface area contributed by atoms with Gasteiger partial charge in [0, 0.05) is 34.8 Å². The normalized spacial score (nSPS) is 21.5. The third-order valence-electron chi connectivity index (χ3n) is 7.19. The van der Waals surface area contributed by atoms with Gasteiger partial charge in [0.1, 0.15) is 0 Å². The van der Waals surface area contributed by atoms with E-state index in [-0.39, 0.29) is 23.4 Å². The Kier molecular flexibility index (Phi) is 5.98. The Balaban J connectivity index is 1.63. The van der Waals surface area contributed by atoms with E-state index >= 15 is 0 Å². The van der Waals surface area contributed by atoms with E-state index in [9.17, 15) is 9.59 Å². The number of Topliss-reactive ketones (excluding diaryl/α,β-unsaturated/α-hetero) is 2. The SMILES string of the molecule is Cc1ccc(C(=O)[C@@H]2[C@@H](C(=O)c3ccc(C)cc3)[C@H](c3ccccc3)[C@H]2c2ccccc2)cc1. The molecule has 0 amide bonds. The highest BCUT2D eigenvalue weighted by atomic mass is 16.1. The predicted octanol–water partition coefficient (Wildman–Crippen LogP) is 7.18. The summed E-state index contributed by atoms with van der Waals surface area (Å²) in [7, 11) is 0. The summed E-state index contributed by atoms with van der Waals surface area (Å²) in [5.41, 5.74) is 5.78. The quantitative estimate of drug-likeness (QED) is 0.295. The van der Waals surface area contributed by atoms with Crippen LogP contribution in [0.2, 0.25) is 0 Å². The molecule has 0 radical (unpaired) electrons. The van der Waals surface area contributed by atoms with Gasteiger partial charge in [0.15, 0.2) is 11.6 Å². The minimum atomic E-state index is -0.413. The molecular weight excluding hydrogens is 416 g/mol. The van der Waals surface area contributed by atoms with Gasteiger partial charge in [-0.15, -0.1) is 0 Å². The molecule has 0 aliphatic heterocycles. The number of hydrogen-bond acceptors (Lipinski definition) is 2. The van der Waals surface area contributed by atoms with Crippen molar-refractivity contribution in [2.24, 2.45) is 11.8 Å². The van der Waals surface area contributed by atoms with Gasteiger partial charge >= 0.3 is 0 Å². The topological polar surface area (TPSA) is 34.1 Å². The molecule has 1 saturated carbocycles. The maximum Gasteiger partial charge on any atom is 0.167 e. The largest absolute Gasteiger partial charge is 0.294 e. The van der Waals surface area contributed by atoms with Crippen LogP contribution in [-0.2, 0) is 0 Å². The van der Waals surface area contributed by atoms with E-state index in [1.54, 1.807) is 0 Å². The van der Waals surface area contributed by atoms with E-state index in [4.69, 9.17) is 0 Å². The van der Waals surface area contributed by atoms with Crippen LogP contribution in [0.25, 0.3) is 0 Å². The van der Waals surface area contributed by atoms with Crippen molar-refractivity contribution in [1.82, 2.24) is 0 Å². The lowest BCUT2D eigenvalue weighted by Gasteiger charge is -2.51. The summed E-state index contributed by atoms with van der Waals surface area (Å²) in [4.78, 5) is 27.9. The number of benzene rings is 4. The highest BCUT2D eigenvalue weighted by molar-refractivity contribution is 6.07. The molecule has 34 heavy (non-hydrogen) atoms. The van der Waals surface area contributed by atoms with Crippen molar-refractivity contribution in [3.05, 3.63) is 143 Å². The Hall–Kier alpha value is -3.78. The second kappa shape index (κ2) is 9.23. The molecule has 0 unspecified atom stereocenters. The van der Waals surface area contributed by atoms with Gasteiger partial charge in [0.25, 0.3) is 0 Å². The molecule has 0 spiro atoms. The molecule has 2 nitrogen and oxygen atoms in total. The summed E-state index contributed by atoms with van der Waals surface area (Å²) in [6.07, 6.45) is 0. The third kappa shape index (κ3) is 4.01. The van der Waals surface area contributed by atoms with Crippen molar-refractivity contribution in [2.75, 3.05) is 0 Å². The van der Waals surface area contributed by atoms with Crippen LogP contribution in [-0.4, -0.2) is 11.6 Å². The van der Waals surface area contributed by atoms with Crippen LogP contribution in [0.5, 0.6) is 0 Å². The van der Waals surface area contributed by atoms with Crippen molar-refractivity contribution in [3.63, 3.8) is 0 Å². The van der Waals surface area contributed by atoms with Crippen LogP contribution in [0.3, 0.4) is 0 Å². The van der Waals surface area contributed by atoms with E-state index < -0.39 is 11.8 Å². The molecule has 0 bridgehead atoms. The first-order chi connectivity index (χ1) is 16.5. The third-order valence-corrected chi connectivity index (χ3v) is 7.19. The zero-order valence-corrected chi connectivity index (χ0v) is 19.5. The Labute approximate surface area is 201 Å². The van der Waals surface area contributed by atoms with Gasteiger partial charge in [0.2, 0.25) is 0 Å². The predicted molar refractivity (Wildman–Crippen MR) is 136 cm³/mol. The molecule has 4 aromatic rings. The summed E-state index contributed by atoms with van der Waals surface area (Å²) >= 11 is 0. The molecule has 0 aromatic heterocycles. The van der Waals surface area contributed by atoms with Crippen LogP contribution in [0, 0.1) is 25.7 Å². The van der Waals surface area contributed by atoms with Crippen LogP contribution < -0.4 is 0 Å². The Morgan fingerprint density at radius 3 is 1.12 bits per heavy atom. The van der Waals surface area contributed by atoms with Gasteiger partial charge < -0.3 is 0 Å². The average molecular weight is 445 g/mol. The van der Waals surface area contributed by atoms with E-state index in [1.807, 2.05) is 98.8 Å². The molecule has 5 rings (SSSR count). The fourth-order valence-corrected chi connectivity index (χ4v) is 5.40. The van der Waals surface area contributed by atoms with Crippen LogP contribution in [0.1, 0.15) is 54.8 Å². The second-order valence-corrected chi connectivity index (χ2v) is 9.39. The van der Waals surface area contributed by atoms with Gasteiger partial charge in [-0.2, -0.15) is 0 Å². The minimum Gasteiger partial charge on any atom is -0.294 e. The summed E-state index contributed by atoms with van der Waals surface area (Å²) in [5, 5.41) is 0. The lowest BCUT2D eigenvalue weighted by atomic mass is 9.49. The smallest absolute Gasteiger partial charge is 0.167 e. The average Bonchev–Trinajstić information content (AvgIpc) is 2.85. The van der Waals surface area contributed by atoms with Crippen LogP contribution >= 0.6 is 0 Å². The van der Waals surface area contributed by atoms with Crippen molar-refractivity contribution >= 4 is 11.6 Å². The van der Waals surface area contributed by atoms with Gasteiger partial charge in [-0.1, -0.05) is 120 Å². The molecule has 4 aromatic carbocycles. The number of hydrogen-bond donors (Lipinski definition) is 0. The molecule has 0 N–H and O–H groups in total. The van der Waals surface area contributed by atoms with Crippen molar-refractivity contribution in [3.8, 4) is 0 Å². The molecule has 0 saturated heterocycles. The molecule has 2 heteroatoms. The highest BCUT2D eigenvalue weighted by Gasteiger charge is 2.57. The number of carbonyl (C=O) groups is 2. The molecule has 1 aliphatic carbocycles. The van der Waals surface area contributed by atoms with Gasteiger partial charge in [-0.25, -0.2) is 0 Å². The van der Waals surface area contributed by atoms with Crippen molar-refractivity contribution in [2.45, 2.75) is 25.7 Å². The van der Waals surface area contributed by atoms with Crippen LogP contribution in [0.15, 0.2) is 109 Å². The molecule has 168 valence electrons. The number of ketones is 2. The highest BCUT2D eigenvalue weighted by Crippen LogP contribution is 2.59. The lowest BCUT2D eigenvalue weighted by Crippen LogP contribution is -2.51. The maximum absolute atomic E-state index is 13.9. The van der Waals surface area contributed by atoms with Gasteiger partial charge in [-0.3, -0.25) is 9.59 Å². The van der Waals surface area contributed by atoms with E-state index in [2.05, 4.69) is 24.3 Å². The first-order valence-corrected chi connectivity index (χ1v) is 11.9. The Morgan fingerprint density at radius 2 is 0.794 bits per heavy atom. The molecule has 1 fully saturated rings. The number of rotatable bonds is 6. The summed E-state index contributed by atoms with van der Waals surface area (Å²) < 4.78 is 0. The Morgan fingerprint density at radius 1 is 0.471 bits per heavy atom. The lowest BCUT2D eigenvalue weighted by molar-refractivity contribution is 0.0456. The molecule has 1 aliphatic rings. The van der Waals surface area contributed by atoms with Crippen molar-refractivity contribution < 1.29 is 9.59 Å². The van der Waals surface area contributed by atoms with E-state index in [1.165, 1.54) is 0 Å². The standard InChI is InChI=1S/C32H28O2/c1-21-13-17-25(18-14-21)31(33)29-27(23-9-5-3-6-10-23)28(24-11-7-4-8-12-24)30(29)32(34)26-19-15-22(2)16-20-26/h3-20,27-30H,1-2H3/t27-,28-,29+,30+/m1/s1.